The third-order valence-corrected chi connectivity index (χ3v) is 4.60. The van der Waals surface area contributed by atoms with Crippen molar-refractivity contribution in [3.05, 3.63) is 23.8 Å². The number of hydrogen-bond acceptors (Lipinski definition) is 4. The van der Waals surface area contributed by atoms with Crippen LogP contribution in [0.5, 0.6) is 11.5 Å². The summed E-state index contributed by atoms with van der Waals surface area (Å²) >= 11 is 0. The number of rotatable bonds is 12. The Bertz CT molecular complexity index is 645. The fourth-order valence-corrected chi connectivity index (χ4v) is 3.04. The van der Waals surface area contributed by atoms with Gasteiger partial charge < -0.3 is 24.6 Å². The standard InChI is InChI=1S/C22H38N4O3/c1-7-23-22(25(5)17-21(27)26(8-2)9-3)24-15-11-12-18-13-14-19(28-6)20(16-18)29-10-4/h13-14,16H,7-12,15,17H2,1-6H3,(H,23,24). The molecule has 1 N–H and O–H groups in total. The number of nitrogens with zero attached hydrogens (tertiary/aromatic N) is 3. The maximum atomic E-state index is 12.4. The summed E-state index contributed by atoms with van der Waals surface area (Å²) in [6, 6.07) is 6.04. The zero-order valence-corrected chi connectivity index (χ0v) is 19.0. The van der Waals surface area contributed by atoms with Crippen molar-refractivity contribution in [3.8, 4) is 11.5 Å². The highest BCUT2D eigenvalue weighted by molar-refractivity contribution is 5.86. The Morgan fingerprint density at radius 1 is 1.14 bits per heavy atom. The Balaban J connectivity index is 2.65. The van der Waals surface area contributed by atoms with Gasteiger partial charge in [-0.15, -0.1) is 0 Å². The monoisotopic (exact) mass is 406 g/mol. The minimum absolute atomic E-state index is 0.116. The van der Waals surface area contributed by atoms with E-state index in [2.05, 4.69) is 16.4 Å². The van der Waals surface area contributed by atoms with Crippen LogP contribution in [-0.4, -0.2) is 75.2 Å². The van der Waals surface area contributed by atoms with E-state index in [1.54, 1.807) is 7.11 Å². The molecule has 0 saturated heterocycles. The molecule has 1 amide bonds. The number of guanidine groups is 1. The highest BCUT2D eigenvalue weighted by Gasteiger charge is 2.14. The van der Waals surface area contributed by atoms with Crippen LogP contribution in [0.1, 0.15) is 39.7 Å². The molecule has 7 nitrogen and oxygen atoms in total. The van der Waals surface area contributed by atoms with E-state index in [0.29, 0.717) is 19.7 Å². The van der Waals surface area contributed by atoms with Gasteiger partial charge in [-0.1, -0.05) is 6.07 Å². The summed E-state index contributed by atoms with van der Waals surface area (Å²) in [6.45, 7) is 11.8. The summed E-state index contributed by atoms with van der Waals surface area (Å²) in [5, 5.41) is 3.27. The predicted octanol–water partition coefficient (Wildman–Crippen LogP) is 2.79. The zero-order valence-electron chi connectivity index (χ0n) is 19.0. The first kappa shape index (κ1) is 24.6. The van der Waals surface area contributed by atoms with Crippen molar-refractivity contribution < 1.29 is 14.3 Å². The molecule has 0 atom stereocenters. The molecule has 0 bridgehead atoms. The third kappa shape index (κ3) is 8.21. The summed E-state index contributed by atoms with van der Waals surface area (Å²) in [5.74, 6) is 2.41. The number of likely N-dealkylation sites (N-methyl/N-ethyl adjacent to an activating group) is 2. The highest BCUT2D eigenvalue weighted by atomic mass is 16.5. The first-order valence-corrected chi connectivity index (χ1v) is 10.6. The molecule has 29 heavy (non-hydrogen) atoms. The van der Waals surface area contributed by atoms with Gasteiger partial charge in [0.2, 0.25) is 5.91 Å². The van der Waals surface area contributed by atoms with E-state index in [1.165, 1.54) is 5.56 Å². The first-order valence-electron chi connectivity index (χ1n) is 10.6. The van der Waals surface area contributed by atoms with Gasteiger partial charge in [0.1, 0.15) is 0 Å². The van der Waals surface area contributed by atoms with E-state index in [4.69, 9.17) is 9.47 Å². The van der Waals surface area contributed by atoms with Crippen LogP contribution in [0.25, 0.3) is 0 Å². The minimum Gasteiger partial charge on any atom is -0.493 e. The Morgan fingerprint density at radius 3 is 2.45 bits per heavy atom. The number of carbonyl (C=O) groups is 1. The minimum atomic E-state index is 0.116. The molecule has 0 unspecified atom stereocenters. The van der Waals surface area contributed by atoms with E-state index in [-0.39, 0.29) is 5.91 Å². The lowest BCUT2D eigenvalue weighted by Gasteiger charge is -2.25. The van der Waals surface area contributed by atoms with Gasteiger partial charge in [-0.05, 0) is 58.2 Å². The quantitative estimate of drug-likeness (QED) is 0.328. The molecule has 1 aromatic carbocycles. The molecule has 0 aliphatic heterocycles. The molecule has 164 valence electrons. The number of nitrogens with one attached hydrogen (secondary N) is 1. The summed E-state index contributed by atoms with van der Waals surface area (Å²) in [5.41, 5.74) is 1.19. The van der Waals surface area contributed by atoms with Gasteiger partial charge in [-0.3, -0.25) is 9.79 Å². The summed E-state index contributed by atoms with van der Waals surface area (Å²) < 4.78 is 11.0. The average molecular weight is 407 g/mol. The number of methoxy groups -OCH3 is 1. The number of benzene rings is 1. The predicted molar refractivity (Wildman–Crippen MR) is 119 cm³/mol. The Hall–Kier alpha value is -2.44. The molecule has 1 rings (SSSR count). The largest absolute Gasteiger partial charge is 0.493 e. The Labute approximate surface area is 176 Å². The summed E-state index contributed by atoms with van der Waals surface area (Å²) in [7, 11) is 3.55. The van der Waals surface area contributed by atoms with E-state index in [9.17, 15) is 4.79 Å². The Kier molecular flexibility index (Phi) is 11.6. The molecule has 1 aromatic rings. The van der Waals surface area contributed by atoms with E-state index in [0.717, 1.165) is 49.9 Å². The topological polar surface area (TPSA) is 66.4 Å². The van der Waals surface area contributed by atoms with Gasteiger partial charge in [-0.2, -0.15) is 0 Å². The van der Waals surface area contributed by atoms with Crippen molar-refractivity contribution >= 4 is 11.9 Å². The summed E-state index contributed by atoms with van der Waals surface area (Å²) in [6.07, 6.45) is 1.81. The van der Waals surface area contributed by atoms with Crippen molar-refractivity contribution in [2.24, 2.45) is 4.99 Å². The van der Waals surface area contributed by atoms with Gasteiger partial charge in [0.15, 0.2) is 17.5 Å². The molecule has 0 spiro atoms. The molecule has 0 radical (unpaired) electrons. The molecular formula is C22H38N4O3. The van der Waals surface area contributed by atoms with Crippen molar-refractivity contribution in [1.29, 1.82) is 0 Å². The van der Waals surface area contributed by atoms with Crippen molar-refractivity contribution in [3.63, 3.8) is 0 Å². The number of hydrogen-bond donors (Lipinski definition) is 1. The molecule has 0 heterocycles. The van der Waals surface area contributed by atoms with Gasteiger partial charge in [0, 0.05) is 33.2 Å². The van der Waals surface area contributed by atoms with Gasteiger partial charge in [0.05, 0.1) is 20.3 Å². The second kappa shape index (κ2) is 13.7. The van der Waals surface area contributed by atoms with Crippen molar-refractivity contribution in [2.45, 2.75) is 40.5 Å². The lowest BCUT2D eigenvalue weighted by molar-refractivity contribution is -0.131. The molecule has 0 aromatic heterocycles. The second-order valence-electron chi connectivity index (χ2n) is 6.68. The number of carbonyl (C=O) groups excluding carboxylic acids is 1. The van der Waals surface area contributed by atoms with Crippen LogP contribution < -0.4 is 14.8 Å². The average Bonchev–Trinajstić information content (AvgIpc) is 2.71. The third-order valence-electron chi connectivity index (χ3n) is 4.60. The lowest BCUT2D eigenvalue weighted by Crippen LogP contribution is -2.45. The molecule has 7 heteroatoms. The van der Waals surface area contributed by atoms with Gasteiger partial charge >= 0.3 is 0 Å². The van der Waals surface area contributed by atoms with Crippen LogP contribution in [0, 0.1) is 0 Å². The van der Waals surface area contributed by atoms with Crippen LogP contribution in [0.3, 0.4) is 0 Å². The fourth-order valence-electron chi connectivity index (χ4n) is 3.04. The van der Waals surface area contributed by atoms with Crippen LogP contribution in [0.4, 0.5) is 0 Å². The van der Waals surface area contributed by atoms with Crippen LogP contribution >= 0.6 is 0 Å². The lowest BCUT2D eigenvalue weighted by atomic mass is 10.1. The van der Waals surface area contributed by atoms with Crippen molar-refractivity contribution in [2.75, 3.05) is 53.5 Å². The Morgan fingerprint density at radius 2 is 1.86 bits per heavy atom. The zero-order chi connectivity index (χ0) is 21.6. The first-order chi connectivity index (χ1) is 14.0. The number of ether oxygens (including phenoxy) is 2. The maximum absolute atomic E-state index is 12.4. The van der Waals surface area contributed by atoms with Gasteiger partial charge in [-0.25, -0.2) is 0 Å². The van der Waals surface area contributed by atoms with Gasteiger partial charge in [0.25, 0.3) is 0 Å². The molecule has 0 aliphatic rings. The summed E-state index contributed by atoms with van der Waals surface area (Å²) in [4.78, 5) is 20.8. The molecular weight excluding hydrogens is 368 g/mol. The van der Waals surface area contributed by atoms with Crippen molar-refractivity contribution in [1.82, 2.24) is 15.1 Å². The van der Waals surface area contributed by atoms with Crippen LogP contribution in [0.2, 0.25) is 0 Å². The highest BCUT2D eigenvalue weighted by Crippen LogP contribution is 2.28. The van der Waals surface area contributed by atoms with Crippen LogP contribution in [0.15, 0.2) is 23.2 Å². The molecule has 0 saturated carbocycles. The number of aryl methyl sites for hydroxylation is 1. The van der Waals surface area contributed by atoms with E-state index < -0.39 is 0 Å². The van der Waals surface area contributed by atoms with E-state index >= 15 is 0 Å². The number of amides is 1. The fraction of sp³-hybridized carbons (Fsp3) is 0.636. The van der Waals surface area contributed by atoms with E-state index in [1.807, 2.05) is 56.7 Å². The van der Waals surface area contributed by atoms with Crippen LogP contribution in [-0.2, 0) is 11.2 Å². The maximum Gasteiger partial charge on any atom is 0.242 e. The molecule has 0 fully saturated rings. The SMILES string of the molecule is CCNC(=NCCCc1ccc(OC)c(OCC)c1)N(C)CC(=O)N(CC)CC. The molecule has 0 aliphatic carbocycles. The number of aliphatic imine (C=N–C) groups is 1. The second-order valence-corrected chi connectivity index (χ2v) is 6.68. The normalized spacial score (nSPS) is 11.2. The smallest absolute Gasteiger partial charge is 0.242 e.